The summed E-state index contributed by atoms with van der Waals surface area (Å²) in [4.78, 5) is 2.10. The van der Waals surface area contributed by atoms with Crippen LogP contribution in [0.4, 0.5) is 0 Å². The lowest BCUT2D eigenvalue weighted by molar-refractivity contribution is 0.0326. The number of ether oxygens (including phenoxy) is 1. The van der Waals surface area contributed by atoms with Crippen molar-refractivity contribution in [2.24, 2.45) is 0 Å². The smallest absolute Gasteiger partial charge is 0.192 e. The van der Waals surface area contributed by atoms with E-state index in [0.717, 1.165) is 18.8 Å². The van der Waals surface area contributed by atoms with Crippen molar-refractivity contribution in [2.75, 3.05) is 13.7 Å². The van der Waals surface area contributed by atoms with Gasteiger partial charge < -0.3 is 14.3 Å². The zero-order valence-corrected chi connectivity index (χ0v) is 16.3. The van der Waals surface area contributed by atoms with Crippen LogP contribution in [0.15, 0.2) is 24.3 Å². The molecule has 1 heterocycles. The highest BCUT2D eigenvalue weighted by Gasteiger charge is 2.42. The van der Waals surface area contributed by atoms with E-state index in [-0.39, 0.29) is 11.1 Å². The first-order chi connectivity index (χ1) is 10.6. The minimum Gasteiger partial charge on any atom is -0.497 e. The van der Waals surface area contributed by atoms with Gasteiger partial charge in [-0.3, -0.25) is 4.90 Å². The molecular formula is C18H31NO3Si. The van der Waals surface area contributed by atoms with Crippen molar-refractivity contribution >= 4 is 8.32 Å². The lowest BCUT2D eigenvalue weighted by Gasteiger charge is -2.38. The van der Waals surface area contributed by atoms with Gasteiger partial charge in [0.15, 0.2) is 8.32 Å². The predicted molar refractivity (Wildman–Crippen MR) is 96.1 cm³/mol. The minimum atomic E-state index is -1.79. The second kappa shape index (κ2) is 6.93. The van der Waals surface area contributed by atoms with Gasteiger partial charge in [-0.05, 0) is 35.8 Å². The maximum absolute atomic E-state index is 10.4. The molecule has 1 saturated heterocycles. The second-order valence-corrected chi connectivity index (χ2v) is 12.8. The molecule has 0 amide bonds. The summed E-state index contributed by atoms with van der Waals surface area (Å²) in [6, 6.07) is 8.02. The van der Waals surface area contributed by atoms with E-state index in [1.54, 1.807) is 7.11 Å². The summed E-state index contributed by atoms with van der Waals surface area (Å²) in [5.74, 6) is 0.856. The first-order valence-electron chi connectivity index (χ1n) is 8.35. The van der Waals surface area contributed by atoms with Gasteiger partial charge in [0.2, 0.25) is 0 Å². The van der Waals surface area contributed by atoms with Crippen LogP contribution < -0.4 is 4.74 Å². The molecule has 1 aliphatic rings. The molecule has 1 aliphatic heterocycles. The van der Waals surface area contributed by atoms with Crippen LogP contribution in [0.5, 0.6) is 5.75 Å². The average Bonchev–Trinajstić information content (AvgIpc) is 2.77. The summed E-state index contributed by atoms with van der Waals surface area (Å²) in [7, 11) is -0.119. The van der Waals surface area contributed by atoms with E-state index in [0.29, 0.717) is 6.42 Å². The number of benzene rings is 1. The summed E-state index contributed by atoms with van der Waals surface area (Å²) < 4.78 is 11.6. The van der Waals surface area contributed by atoms with Gasteiger partial charge >= 0.3 is 0 Å². The standard InChI is InChI=1S/C18H31NO3Si/c1-18(2,3)23(5,6)22-16-11-17(20)19(13-16)12-14-7-9-15(21-4)10-8-14/h7-10,16-17,20H,11-13H2,1-6H3/t16-,17+/m0/s1. The van der Waals surface area contributed by atoms with Gasteiger partial charge in [-0.1, -0.05) is 32.9 Å². The van der Waals surface area contributed by atoms with E-state index in [2.05, 4.69) is 38.8 Å². The Morgan fingerprint density at radius 2 is 1.83 bits per heavy atom. The first kappa shape index (κ1) is 18.5. The van der Waals surface area contributed by atoms with Crippen molar-refractivity contribution in [3.63, 3.8) is 0 Å². The molecule has 0 spiro atoms. The molecule has 4 nitrogen and oxygen atoms in total. The Morgan fingerprint density at radius 1 is 1.22 bits per heavy atom. The SMILES string of the molecule is COc1ccc(CN2C[C@@H](O[Si](C)(C)C(C)(C)C)C[C@H]2O)cc1. The quantitative estimate of drug-likeness (QED) is 0.834. The van der Waals surface area contributed by atoms with Crippen molar-refractivity contribution in [1.82, 2.24) is 4.90 Å². The maximum atomic E-state index is 10.4. The molecule has 5 heteroatoms. The largest absolute Gasteiger partial charge is 0.497 e. The van der Waals surface area contributed by atoms with Crippen LogP contribution >= 0.6 is 0 Å². The third-order valence-electron chi connectivity index (χ3n) is 5.15. The van der Waals surface area contributed by atoms with Gasteiger partial charge in [0.1, 0.15) is 12.0 Å². The molecule has 130 valence electrons. The molecule has 0 aliphatic carbocycles. The summed E-state index contributed by atoms with van der Waals surface area (Å²) >= 11 is 0. The average molecular weight is 338 g/mol. The molecule has 1 aromatic carbocycles. The number of likely N-dealkylation sites (tertiary alicyclic amines) is 1. The Kier molecular flexibility index (Phi) is 5.56. The molecule has 0 saturated carbocycles. The number of aliphatic hydroxyl groups is 1. The maximum Gasteiger partial charge on any atom is 0.192 e. The molecule has 2 rings (SSSR count). The van der Waals surface area contributed by atoms with Gasteiger partial charge in [0, 0.05) is 19.5 Å². The highest BCUT2D eigenvalue weighted by atomic mass is 28.4. The zero-order chi connectivity index (χ0) is 17.3. The van der Waals surface area contributed by atoms with Gasteiger partial charge in [0.05, 0.1) is 13.2 Å². The third-order valence-corrected chi connectivity index (χ3v) is 9.68. The lowest BCUT2D eigenvalue weighted by atomic mass is 10.2. The monoisotopic (exact) mass is 337 g/mol. The van der Waals surface area contributed by atoms with Crippen molar-refractivity contribution in [3.05, 3.63) is 29.8 Å². The molecule has 1 N–H and O–H groups in total. The predicted octanol–water partition coefficient (Wildman–Crippen LogP) is 3.61. The Bertz CT molecular complexity index is 510. The van der Waals surface area contributed by atoms with Crippen LogP contribution in [0.2, 0.25) is 18.1 Å². The van der Waals surface area contributed by atoms with Crippen molar-refractivity contribution in [2.45, 2.75) is 64.2 Å². The fourth-order valence-corrected chi connectivity index (χ4v) is 4.01. The van der Waals surface area contributed by atoms with Crippen molar-refractivity contribution < 1.29 is 14.3 Å². The van der Waals surface area contributed by atoms with Crippen LogP contribution in [-0.4, -0.2) is 44.3 Å². The van der Waals surface area contributed by atoms with E-state index in [1.807, 2.05) is 24.3 Å². The van der Waals surface area contributed by atoms with Crippen LogP contribution in [0.1, 0.15) is 32.8 Å². The normalized spacial score (nSPS) is 23.3. The number of hydrogen-bond donors (Lipinski definition) is 1. The zero-order valence-electron chi connectivity index (χ0n) is 15.3. The summed E-state index contributed by atoms with van der Waals surface area (Å²) in [5.41, 5.74) is 1.18. The topological polar surface area (TPSA) is 41.9 Å². The van der Waals surface area contributed by atoms with E-state index in [4.69, 9.17) is 9.16 Å². The van der Waals surface area contributed by atoms with E-state index >= 15 is 0 Å². The highest BCUT2D eigenvalue weighted by molar-refractivity contribution is 6.74. The van der Waals surface area contributed by atoms with Crippen molar-refractivity contribution in [3.8, 4) is 5.75 Å². The third kappa shape index (κ3) is 4.56. The van der Waals surface area contributed by atoms with Gasteiger partial charge in [0.25, 0.3) is 0 Å². The number of aliphatic hydroxyl groups excluding tert-OH is 1. The number of hydrogen-bond acceptors (Lipinski definition) is 4. The molecule has 0 aromatic heterocycles. The molecule has 2 atom stereocenters. The number of nitrogens with zero attached hydrogens (tertiary/aromatic N) is 1. The Hall–Kier alpha value is -0.883. The Morgan fingerprint density at radius 3 is 2.35 bits per heavy atom. The van der Waals surface area contributed by atoms with Gasteiger partial charge in [-0.15, -0.1) is 0 Å². The van der Waals surface area contributed by atoms with E-state index < -0.39 is 14.5 Å². The summed E-state index contributed by atoms with van der Waals surface area (Å²) in [5, 5.41) is 10.6. The number of rotatable bonds is 5. The van der Waals surface area contributed by atoms with Crippen LogP contribution in [-0.2, 0) is 11.0 Å². The van der Waals surface area contributed by atoms with E-state index in [9.17, 15) is 5.11 Å². The van der Waals surface area contributed by atoms with E-state index in [1.165, 1.54) is 5.56 Å². The summed E-state index contributed by atoms with van der Waals surface area (Å²) in [6.45, 7) is 12.8. The Balaban J connectivity index is 1.95. The molecule has 1 aromatic rings. The molecular weight excluding hydrogens is 306 g/mol. The fourth-order valence-electron chi connectivity index (χ4n) is 2.66. The fraction of sp³-hybridized carbons (Fsp3) is 0.667. The molecule has 1 fully saturated rings. The van der Waals surface area contributed by atoms with Crippen LogP contribution in [0.3, 0.4) is 0 Å². The molecule has 0 unspecified atom stereocenters. The minimum absolute atomic E-state index is 0.129. The molecule has 0 radical (unpaired) electrons. The summed E-state index contributed by atoms with van der Waals surface area (Å²) in [6.07, 6.45) is 0.402. The lowest BCUT2D eigenvalue weighted by Crippen LogP contribution is -2.44. The van der Waals surface area contributed by atoms with Crippen LogP contribution in [0.25, 0.3) is 0 Å². The van der Waals surface area contributed by atoms with Crippen LogP contribution in [0, 0.1) is 0 Å². The molecule has 23 heavy (non-hydrogen) atoms. The Labute approximate surface area is 141 Å². The van der Waals surface area contributed by atoms with Crippen molar-refractivity contribution in [1.29, 1.82) is 0 Å². The number of methoxy groups -OCH3 is 1. The molecule has 0 bridgehead atoms. The first-order valence-corrected chi connectivity index (χ1v) is 11.3. The van der Waals surface area contributed by atoms with Gasteiger partial charge in [-0.2, -0.15) is 0 Å². The highest BCUT2D eigenvalue weighted by Crippen LogP contribution is 2.38. The second-order valence-electron chi connectivity index (χ2n) is 7.99. The van der Waals surface area contributed by atoms with Gasteiger partial charge in [-0.25, -0.2) is 0 Å².